The second kappa shape index (κ2) is 10.3. The van der Waals surface area contributed by atoms with E-state index < -0.39 is 28.5 Å². The van der Waals surface area contributed by atoms with Gasteiger partial charge < -0.3 is 0 Å². The van der Waals surface area contributed by atoms with Gasteiger partial charge in [0.05, 0.1) is 0 Å². The summed E-state index contributed by atoms with van der Waals surface area (Å²) < 4.78 is 19.9. The molecule has 1 saturated carbocycles. The van der Waals surface area contributed by atoms with Crippen molar-refractivity contribution in [2.24, 2.45) is 0 Å². The zero-order valence-electron chi connectivity index (χ0n) is 12.4. The normalized spacial score (nSPS) is 19.4. The van der Waals surface area contributed by atoms with Crippen molar-refractivity contribution in [3.63, 3.8) is 0 Å². The van der Waals surface area contributed by atoms with Crippen LogP contribution in [0.4, 0.5) is 0 Å². The largest absolute Gasteiger partial charge is 0.406 e. The van der Waals surface area contributed by atoms with Gasteiger partial charge in [-0.3, -0.25) is 9.05 Å². The molecule has 0 spiro atoms. The fourth-order valence-corrected chi connectivity index (χ4v) is 4.68. The van der Waals surface area contributed by atoms with Gasteiger partial charge in [0.2, 0.25) is 7.59 Å². The monoisotopic (exact) mass is 467 g/mol. The molecule has 0 bridgehead atoms. The molecule has 138 valence electrons. The van der Waals surface area contributed by atoms with E-state index in [1.807, 2.05) is 0 Å². The summed E-state index contributed by atoms with van der Waals surface area (Å²) in [4.78, 5) is 0. The molecule has 0 amide bonds. The number of rotatable bonds is 6. The average Bonchev–Trinajstić information content (AvgIpc) is 2.36. The predicted octanol–water partition coefficient (Wildman–Crippen LogP) is 6.57. The second-order valence-corrected chi connectivity index (χ2v) is 12.2. The SMILES string of the molecule is O=P(NC1CCCCCCC1)(OCC(Cl)(Cl)Cl)OCC(Cl)(Cl)Cl. The van der Waals surface area contributed by atoms with Crippen LogP contribution >= 0.6 is 77.4 Å². The highest BCUT2D eigenvalue weighted by molar-refractivity contribution is 7.51. The fraction of sp³-hybridized carbons (Fsp3) is 1.00. The average molecular weight is 470 g/mol. The van der Waals surface area contributed by atoms with Crippen LogP contribution in [0.25, 0.3) is 0 Å². The van der Waals surface area contributed by atoms with Crippen molar-refractivity contribution in [3.8, 4) is 0 Å². The van der Waals surface area contributed by atoms with Crippen molar-refractivity contribution >= 4 is 77.4 Å². The Bertz CT molecular complexity index is 371. The maximum Gasteiger partial charge on any atom is 0.406 e. The zero-order valence-corrected chi connectivity index (χ0v) is 17.8. The van der Waals surface area contributed by atoms with Crippen LogP contribution in [-0.4, -0.2) is 26.8 Å². The minimum atomic E-state index is -3.77. The highest BCUT2D eigenvalue weighted by atomic mass is 35.6. The minimum Gasteiger partial charge on any atom is -0.292 e. The Morgan fingerprint density at radius 3 is 1.61 bits per heavy atom. The molecule has 1 aliphatic carbocycles. The van der Waals surface area contributed by atoms with Crippen LogP contribution in [0.1, 0.15) is 44.9 Å². The van der Waals surface area contributed by atoms with Crippen LogP contribution < -0.4 is 5.09 Å². The van der Waals surface area contributed by atoms with E-state index in [9.17, 15) is 4.57 Å². The van der Waals surface area contributed by atoms with Crippen LogP contribution in [-0.2, 0) is 13.6 Å². The standard InChI is InChI=1S/C12H20Cl6NO3P/c13-11(14,15)8-21-23(20,22-9-12(16,17)18)19-10-6-4-2-1-3-5-7-10/h10H,1-9H2,(H,19,20). The predicted molar refractivity (Wildman–Crippen MR) is 99.3 cm³/mol. The molecule has 1 N–H and O–H groups in total. The Balaban J connectivity index is 2.69. The van der Waals surface area contributed by atoms with E-state index in [1.165, 1.54) is 6.42 Å². The van der Waals surface area contributed by atoms with E-state index >= 15 is 0 Å². The summed E-state index contributed by atoms with van der Waals surface area (Å²) in [6, 6.07) is -0.0214. The number of nitrogens with one attached hydrogen (secondary N) is 1. The molecule has 1 rings (SSSR count). The molecule has 0 saturated heterocycles. The Kier molecular flexibility index (Phi) is 10.2. The van der Waals surface area contributed by atoms with E-state index in [4.69, 9.17) is 78.7 Å². The van der Waals surface area contributed by atoms with Crippen molar-refractivity contribution in [2.75, 3.05) is 13.2 Å². The van der Waals surface area contributed by atoms with E-state index in [0.29, 0.717) is 0 Å². The van der Waals surface area contributed by atoms with Crippen LogP contribution in [0, 0.1) is 0 Å². The van der Waals surface area contributed by atoms with Gasteiger partial charge in [0.15, 0.2) is 0 Å². The Hall–Kier alpha value is 1.85. The van der Waals surface area contributed by atoms with E-state index in [1.54, 1.807) is 0 Å². The van der Waals surface area contributed by atoms with Crippen LogP contribution in [0.2, 0.25) is 0 Å². The Labute approximate surface area is 167 Å². The lowest BCUT2D eigenvalue weighted by molar-refractivity contribution is 0.194. The molecule has 0 atom stereocenters. The molecule has 0 aromatic carbocycles. The van der Waals surface area contributed by atoms with Gasteiger partial charge in [-0.2, -0.15) is 0 Å². The van der Waals surface area contributed by atoms with Gasteiger partial charge in [0.1, 0.15) is 13.2 Å². The molecular weight excluding hydrogens is 450 g/mol. The smallest absolute Gasteiger partial charge is 0.292 e. The van der Waals surface area contributed by atoms with Gasteiger partial charge in [-0.1, -0.05) is 102 Å². The first-order chi connectivity index (χ1) is 10.5. The van der Waals surface area contributed by atoms with Crippen molar-refractivity contribution in [3.05, 3.63) is 0 Å². The summed E-state index contributed by atoms with van der Waals surface area (Å²) in [7, 11) is -3.77. The van der Waals surface area contributed by atoms with Gasteiger partial charge in [-0.15, -0.1) is 0 Å². The van der Waals surface area contributed by atoms with Gasteiger partial charge in [-0.05, 0) is 12.8 Å². The fourth-order valence-electron chi connectivity index (χ4n) is 2.24. The third kappa shape index (κ3) is 12.0. The number of halogens is 6. The molecule has 0 unspecified atom stereocenters. The van der Waals surface area contributed by atoms with Gasteiger partial charge >= 0.3 is 7.75 Å². The maximum absolute atomic E-state index is 12.9. The lowest BCUT2D eigenvalue weighted by Gasteiger charge is -2.28. The molecule has 1 fully saturated rings. The van der Waals surface area contributed by atoms with Crippen molar-refractivity contribution < 1.29 is 13.6 Å². The van der Waals surface area contributed by atoms with Crippen molar-refractivity contribution in [1.82, 2.24) is 5.09 Å². The van der Waals surface area contributed by atoms with Crippen LogP contribution in [0.15, 0.2) is 0 Å². The third-order valence-corrected chi connectivity index (χ3v) is 5.52. The summed E-state index contributed by atoms with van der Waals surface area (Å²) >= 11 is 33.9. The highest BCUT2D eigenvalue weighted by Gasteiger charge is 2.35. The summed E-state index contributed by atoms with van der Waals surface area (Å²) in [6.45, 7) is -0.816. The molecule has 4 nitrogen and oxygen atoms in total. The maximum atomic E-state index is 12.9. The first-order valence-electron chi connectivity index (χ1n) is 7.29. The van der Waals surface area contributed by atoms with Gasteiger partial charge in [-0.25, -0.2) is 9.65 Å². The molecule has 0 aromatic rings. The Morgan fingerprint density at radius 1 is 0.826 bits per heavy atom. The summed E-state index contributed by atoms with van der Waals surface area (Å²) in [5.41, 5.74) is 0. The summed E-state index contributed by atoms with van der Waals surface area (Å²) in [5.74, 6) is 0. The molecule has 0 radical (unpaired) electrons. The van der Waals surface area contributed by atoms with Gasteiger partial charge in [0.25, 0.3) is 0 Å². The molecule has 11 heteroatoms. The Morgan fingerprint density at radius 2 is 1.22 bits per heavy atom. The molecule has 0 aliphatic heterocycles. The second-order valence-electron chi connectivity index (χ2n) is 5.45. The van der Waals surface area contributed by atoms with Crippen LogP contribution in [0.3, 0.4) is 0 Å². The first-order valence-corrected chi connectivity index (χ1v) is 11.1. The van der Waals surface area contributed by atoms with Crippen molar-refractivity contribution in [1.29, 1.82) is 0 Å². The summed E-state index contributed by atoms with van der Waals surface area (Å²) in [5, 5.41) is 2.90. The molecule has 0 heterocycles. The van der Waals surface area contributed by atoms with E-state index in [0.717, 1.165) is 38.5 Å². The molecular formula is C12H20Cl6NO3P. The van der Waals surface area contributed by atoms with E-state index in [2.05, 4.69) is 5.09 Å². The van der Waals surface area contributed by atoms with Crippen LogP contribution in [0.5, 0.6) is 0 Å². The van der Waals surface area contributed by atoms with Gasteiger partial charge in [0, 0.05) is 6.04 Å². The topological polar surface area (TPSA) is 47.6 Å². The first kappa shape index (κ1) is 22.9. The minimum absolute atomic E-state index is 0.0214. The highest BCUT2D eigenvalue weighted by Crippen LogP contribution is 2.49. The van der Waals surface area contributed by atoms with Crippen molar-refractivity contribution in [2.45, 2.75) is 58.6 Å². The lowest BCUT2D eigenvalue weighted by Crippen LogP contribution is -2.31. The number of alkyl halides is 6. The number of hydrogen-bond donors (Lipinski definition) is 1. The molecule has 23 heavy (non-hydrogen) atoms. The molecule has 0 aromatic heterocycles. The van der Waals surface area contributed by atoms with E-state index in [-0.39, 0.29) is 6.04 Å². The lowest BCUT2D eigenvalue weighted by atomic mass is 9.97. The quantitative estimate of drug-likeness (QED) is 0.353. The summed E-state index contributed by atoms with van der Waals surface area (Å²) in [6.07, 6.45) is 7.30. The third-order valence-electron chi connectivity index (χ3n) is 3.24. The zero-order chi connectivity index (χ0) is 17.6. The molecule has 1 aliphatic rings. The number of hydrogen-bond acceptors (Lipinski definition) is 3.